The third-order valence-corrected chi connectivity index (χ3v) is 7.11. The summed E-state index contributed by atoms with van der Waals surface area (Å²) in [6.07, 6.45) is 6.54. The number of halogens is 2. The van der Waals surface area contributed by atoms with Crippen molar-refractivity contribution in [1.29, 1.82) is 0 Å². The average molecular weight is 474 g/mol. The van der Waals surface area contributed by atoms with E-state index in [9.17, 15) is 14.0 Å². The summed E-state index contributed by atoms with van der Waals surface area (Å²) in [5.74, 6) is -0.910. The molecule has 0 radical (unpaired) electrons. The first-order valence-electron chi connectivity index (χ1n) is 9.78. The molecular weight excluding hydrogens is 457 g/mol. The quantitative estimate of drug-likeness (QED) is 0.619. The van der Waals surface area contributed by atoms with E-state index in [0.717, 1.165) is 10.3 Å². The van der Waals surface area contributed by atoms with Gasteiger partial charge < -0.3 is 10.1 Å². The van der Waals surface area contributed by atoms with Crippen molar-refractivity contribution in [2.24, 2.45) is 0 Å². The summed E-state index contributed by atoms with van der Waals surface area (Å²) in [6, 6.07) is 1.59. The van der Waals surface area contributed by atoms with Gasteiger partial charge in [0.15, 0.2) is 11.6 Å². The number of imide groups is 1. The molecule has 0 aliphatic carbocycles. The standard InChI is InChI=1S/C21H17ClFN5O3S/c1-3-27-18-10(8-25-27)7-24-9-15(18)28-20(29)19-14(26-21(28)30)6-17(32-19)11-4-16(31-2)13(23)5-12(11)22/h4-9,14,19H,3H2,1-2H3,(H,26,30). The second-order valence-electron chi connectivity index (χ2n) is 7.24. The van der Waals surface area contributed by atoms with Gasteiger partial charge in [-0.3, -0.25) is 14.5 Å². The Balaban J connectivity index is 1.51. The van der Waals surface area contributed by atoms with Crippen LogP contribution in [0.2, 0.25) is 5.02 Å². The van der Waals surface area contributed by atoms with E-state index in [0.29, 0.717) is 28.2 Å². The highest BCUT2D eigenvalue weighted by Gasteiger charge is 2.46. The minimum Gasteiger partial charge on any atom is -0.494 e. The van der Waals surface area contributed by atoms with Crippen LogP contribution in [0.3, 0.4) is 0 Å². The highest BCUT2D eigenvalue weighted by molar-refractivity contribution is 8.09. The SMILES string of the molecule is CCn1ncc2cncc(N3C(=O)NC4C=C(c5cc(OC)c(F)cc5Cl)SC4C3=O)c21. The van der Waals surface area contributed by atoms with Crippen LogP contribution in [-0.4, -0.2) is 45.1 Å². The molecule has 2 aliphatic rings. The van der Waals surface area contributed by atoms with Crippen molar-refractivity contribution in [1.82, 2.24) is 20.1 Å². The van der Waals surface area contributed by atoms with Crippen LogP contribution in [0.15, 0.2) is 36.8 Å². The number of thioether (sulfide) groups is 1. The Labute approximate surface area is 191 Å². The summed E-state index contributed by atoms with van der Waals surface area (Å²) in [5.41, 5.74) is 1.57. The Bertz CT molecular complexity index is 1310. The van der Waals surface area contributed by atoms with Crippen LogP contribution in [0.4, 0.5) is 14.9 Å². The molecule has 2 aromatic heterocycles. The fraction of sp³-hybridized carbons (Fsp3) is 0.238. The highest BCUT2D eigenvalue weighted by atomic mass is 35.5. The lowest BCUT2D eigenvalue weighted by atomic mass is 10.1. The number of hydrogen-bond acceptors (Lipinski definition) is 6. The van der Waals surface area contributed by atoms with Crippen molar-refractivity contribution in [3.05, 3.63) is 53.2 Å². The molecule has 0 saturated carbocycles. The monoisotopic (exact) mass is 473 g/mol. The van der Waals surface area contributed by atoms with Crippen LogP contribution < -0.4 is 15.0 Å². The van der Waals surface area contributed by atoms with Gasteiger partial charge in [0, 0.05) is 28.6 Å². The van der Waals surface area contributed by atoms with Crippen LogP contribution in [0.25, 0.3) is 15.8 Å². The van der Waals surface area contributed by atoms with Gasteiger partial charge in [0.2, 0.25) is 0 Å². The molecule has 32 heavy (non-hydrogen) atoms. The fourth-order valence-corrected chi connectivity index (χ4v) is 5.54. The van der Waals surface area contributed by atoms with Crippen molar-refractivity contribution < 1.29 is 18.7 Å². The molecule has 8 nitrogen and oxygen atoms in total. The Hall–Kier alpha value is -3.11. The van der Waals surface area contributed by atoms with Crippen molar-refractivity contribution >= 4 is 56.8 Å². The number of ether oxygens (including phenoxy) is 1. The van der Waals surface area contributed by atoms with Gasteiger partial charge in [-0.15, -0.1) is 11.8 Å². The second-order valence-corrected chi connectivity index (χ2v) is 8.83. The normalized spacial score (nSPS) is 20.4. The lowest BCUT2D eigenvalue weighted by molar-refractivity contribution is -0.118. The topological polar surface area (TPSA) is 89.3 Å². The Morgan fingerprint density at radius 1 is 1.28 bits per heavy atom. The largest absolute Gasteiger partial charge is 0.494 e. The number of rotatable bonds is 4. The lowest BCUT2D eigenvalue weighted by Crippen LogP contribution is -2.60. The Morgan fingerprint density at radius 2 is 2.09 bits per heavy atom. The Morgan fingerprint density at radius 3 is 2.84 bits per heavy atom. The maximum absolute atomic E-state index is 14.0. The molecule has 2 aliphatic heterocycles. The van der Waals surface area contributed by atoms with Gasteiger partial charge in [-0.05, 0) is 25.1 Å². The van der Waals surface area contributed by atoms with Gasteiger partial charge >= 0.3 is 6.03 Å². The average Bonchev–Trinajstić information content (AvgIpc) is 3.38. The number of methoxy groups -OCH3 is 1. The molecule has 11 heteroatoms. The smallest absolute Gasteiger partial charge is 0.329 e. The summed E-state index contributed by atoms with van der Waals surface area (Å²) >= 11 is 7.52. The van der Waals surface area contributed by atoms with E-state index < -0.39 is 23.1 Å². The minimum absolute atomic E-state index is 0.0448. The number of carbonyl (C=O) groups is 2. The van der Waals surface area contributed by atoms with E-state index in [-0.39, 0.29) is 16.7 Å². The van der Waals surface area contributed by atoms with Gasteiger partial charge in [-0.2, -0.15) is 5.10 Å². The first-order chi connectivity index (χ1) is 15.4. The van der Waals surface area contributed by atoms with Crippen LogP contribution in [0.5, 0.6) is 5.75 Å². The van der Waals surface area contributed by atoms with Crippen molar-refractivity contribution in [3.63, 3.8) is 0 Å². The van der Waals surface area contributed by atoms with E-state index in [4.69, 9.17) is 16.3 Å². The summed E-state index contributed by atoms with van der Waals surface area (Å²) in [7, 11) is 1.36. The van der Waals surface area contributed by atoms with Gasteiger partial charge in [0.25, 0.3) is 5.91 Å². The van der Waals surface area contributed by atoms with Gasteiger partial charge in [-0.25, -0.2) is 14.1 Å². The molecule has 2 unspecified atom stereocenters. The van der Waals surface area contributed by atoms with E-state index in [1.807, 2.05) is 6.92 Å². The first kappa shape index (κ1) is 20.8. The number of nitrogens with one attached hydrogen (secondary N) is 1. The molecule has 1 aromatic carbocycles. The number of nitrogens with zero attached hydrogens (tertiary/aromatic N) is 4. The van der Waals surface area contributed by atoms with Crippen LogP contribution in [-0.2, 0) is 11.3 Å². The molecule has 1 fully saturated rings. The first-order valence-corrected chi connectivity index (χ1v) is 11.0. The van der Waals surface area contributed by atoms with Gasteiger partial charge in [0.05, 0.1) is 41.8 Å². The number of hydrogen-bond donors (Lipinski definition) is 1. The van der Waals surface area contributed by atoms with Gasteiger partial charge in [-0.1, -0.05) is 11.6 Å². The number of fused-ring (bicyclic) bond motifs is 2. The van der Waals surface area contributed by atoms with Crippen LogP contribution >= 0.6 is 23.4 Å². The zero-order chi connectivity index (χ0) is 22.6. The number of aromatic nitrogens is 3. The summed E-state index contributed by atoms with van der Waals surface area (Å²) in [4.78, 5) is 32.4. The minimum atomic E-state index is -0.608. The predicted octanol–water partition coefficient (Wildman–Crippen LogP) is 3.83. The second kappa shape index (κ2) is 7.79. The van der Waals surface area contributed by atoms with Crippen molar-refractivity contribution in [3.8, 4) is 5.75 Å². The Kier molecular flexibility index (Phi) is 5.06. The maximum Gasteiger partial charge on any atom is 0.329 e. The molecule has 0 spiro atoms. The third kappa shape index (κ3) is 3.13. The number of anilines is 1. The molecule has 3 amide bonds. The van der Waals surface area contributed by atoms with Crippen LogP contribution in [0.1, 0.15) is 12.5 Å². The van der Waals surface area contributed by atoms with E-state index in [1.54, 1.807) is 23.2 Å². The number of urea groups is 1. The van der Waals surface area contributed by atoms with Crippen molar-refractivity contribution in [2.75, 3.05) is 12.0 Å². The number of carbonyl (C=O) groups excluding carboxylic acids is 2. The summed E-state index contributed by atoms with van der Waals surface area (Å²) in [5, 5.41) is 7.49. The fourth-order valence-electron chi connectivity index (χ4n) is 3.94. The zero-order valence-electron chi connectivity index (χ0n) is 17.0. The molecular formula is C21H17ClFN5O3S. The molecule has 5 rings (SSSR count). The molecule has 164 valence electrons. The number of amides is 3. The molecule has 3 aromatic rings. The molecule has 1 saturated heterocycles. The van der Waals surface area contributed by atoms with E-state index in [2.05, 4.69) is 15.4 Å². The van der Waals surface area contributed by atoms with E-state index in [1.165, 1.54) is 37.2 Å². The molecule has 0 bridgehead atoms. The van der Waals surface area contributed by atoms with Gasteiger partial charge in [0.1, 0.15) is 5.25 Å². The predicted molar refractivity (Wildman–Crippen MR) is 120 cm³/mol. The van der Waals surface area contributed by atoms with Crippen LogP contribution in [0, 0.1) is 5.82 Å². The third-order valence-electron chi connectivity index (χ3n) is 5.44. The molecule has 1 N–H and O–H groups in total. The number of benzene rings is 1. The lowest BCUT2D eigenvalue weighted by Gasteiger charge is -2.33. The van der Waals surface area contributed by atoms with E-state index >= 15 is 0 Å². The highest BCUT2D eigenvalue weighted by Crippen LogP contribution is 2.45. The molecule has 4 heterocycles. The maximum atomic E-state index is 14.0. The summed E-state index contributed by atoms with van der Waals surface area (Å²) in [6.45, 7) is 2.50. The summed E-state index contributed by atoms with van der Waals surface area (Å²) < 4.78 is 20.7. The number of pyridine rings is 1. The molecule has 2 atom stereocenters. The van der Waals surface area contributed by atoms with Crippen molar-refractivity contribution in [2.45, 2.75) is 24.8 Å². The number of aryl methyl sites for hydroxylation is 1. The zero-order valence-corrected chi connectivity index (χ0v) is 18.6.